The summed E-state index contributed by atoms with van der Waals surface area (Å²) in [5.41, 5.74) is -1.27. The van der Waals surface area contributed by atoms with E-state index >= 15 is 0 Å². The number of rotatable bonds is 7. The third-order valence-electron chi connectivity index (χ3n) is 11.3. The molecule has 3 unspecified atom stereocenters. The summed E-state index contributed by atoms with van der Waals surface area (Å²) in [6.45, 7) is 18.1. The van der Waals surface area contributed by atoms with Crippen molar-refractivity contribution in [3.63, 3.8) is 0 Å². The van der Waals surface area contributed by atoms with Gasteiger partial charge in [0.25, 0.3) is 0 Å². The molecule has 4 saturated carbocycles. The number of hydrogen-bond acceptors (Lipinski definition) is 6. The summed E-state index contributed by atoms with van der Waals surface area (Å²) in [4.78, 5) is 26.9. The summed E-state index contributed by atoms with van der Waals surface area (Å²) in [6, 6.07) is 0.523. The van der Waals surface area contributed by atoms with Crippen LogP contribution in [0.2, 0.25) is 0 Å². The first-order valence-electron chi connectivity index (χ1n) is 14.3. The maximum atomic E-state index is 13.5. The van der Waals surface area contributed by atoms with Gasteiger partial charge < -0.3 is 15.2 Å². The molecule has 4 rings (SSSR count). The fourth-order valence-electron chi connectivity index (χ4n) is 8.73. The van der Waals surface area contributed by atoms with Gasteiger partial charge in [-0.1, -0.05) is 47.6 Å². The minimum atomic E-state index is -0.627. The first-order chi connectivity index (χ1) is 16.8. The SMILES string of the molecule is C=C[C@]1(C)C[C@@H](OC(=O)CSC2(C)CCC(NCC)C2)[C@]2(C)[C@H](C)CCC3(CCC(=O)[C@H]32)[C@@H](C)[C@@H]1O. The molecule has 0 saturated heterocycles. The minimum Gasteiger partial charge on any atom is -0.461 e. The minimum absolute atomic E-state index is 0.0111. The highest BCUT2D eigenvalue weighted by atomic mass is 32.2. The molecule has 0 aliphatic heterocycles. The van der Waals surface area contributed by atoms with Crippen molar-refractivity contribution in [2.45, 2.75) is 116 Å². The fourth-order valence-corrected chi connectivity index (χ4v) is 9.84. The van der Waals surface area contributed by atoms with Gasteiger partial charge in [-0.05, 0) is 68.7 Å². The zero-order valence-corrected chi connectivity index (χ0v) is 24.2. The molecule has 10 atom stereocenters. The van der Waals surface area contributed by atoms with Crippen molar-refractivity contribution in [2.24, 2.45) is 34.0 Å². The average Bonchev–Trinajstić information content (AvgIpc) is 3.39. The topological polar surface area (TPSA) is 75.6 Å². The van der Waals surface area contributed by atoms with Crippen LogP contribution >= 0.6 is 11.8 Å². The quantitative estimate of drug-likeness (QED) is 0.339. The van der Waals surface area contributed by atoms with E-state index in [1.165, 1.54) is 0 Å². The number of nitrogens with one attached hydrogen (secondary N) is 1. The first-order valence-corrected chi connectivity index (χ1v) is 15.2. The molecule has 5 nitrogen and oxygen atoms in total. The highest BCUT2D eigenvalue weighted by Crippen LogP contribution is 2.68. The average molecular weight is 520 g/mol. The predicted molar refractivity (Wildman–Crippen MR) is 147 cm³/mol. The van der Waals surface area contributed by atoms with Crippen LogP contribution in [0, 0.1) is 34.0 Å². The van der Waals surface area contributed by atoms with Crippen molar-refractivity contribution in [2.75, 3.05) is 12.3 Å². The molecule has 4 aliphatic rings. The van der Waals surface area contributed by atoms with Gasteiger partial charge in [-0.25, -0.2) is 0 Å². The molecule has 0 aromatic heterocycles. The highest BCUT2D eigenvalue weighted by molar-refractivity contribution is 8.01. The Balaban J connectivity index is 1.60. The number of Topliss-reactive ketones (excluding diaryl/α,β-unsaturated/α-hetero) is 1. The smallest absolute Gasteiger partial charge is 0.316 e. The zero-order valence-electron chi connectivity index (χ0n) is 23.4. The van der Waals surface area contributed by atoms with E-state index in [0.717, 1.165) is 45.1 Å². The van der Waals surface area contributed by atoms with Gasteiger partial charge in [0, 0.05) is 34.0 Å². The molecule has 0 aromatic carbocycles. The number of ketones is 1. The van der Waals surface area contributed by atoms with Crippen molar-refractivity contribution >= 4 is 23.5 Å². The molecule has 4 fully saturated rings. The second-order valence-electron chi connectivity index (χ2n) is 13.3. The van der Waals surface area contributed by atoms with Gasteiger partial charge in [0.2, 0.25) is 0 Å². The standard InChI is InChI=1S/C30H49NO4S/c1-8-27(5)17-23(35-24(33)18-36-28(6)13-11-21(16-28)31-9-2)29(7)19(3)10-14-30(20(4)26(27)34)15-12-22(32)25(29)30/h8,19-21,23,25-26,31,34H,1,9-18H2,2-7H3/t19-,20+,21?,23-,25+,26+,27-,28?,29+,30?/m1/s1. The molecule has 0 spiro atoms. The Bertz CT molecular complexity index is 879. The van der Waals surface area contributed by atoms with Crippen LogP contribution in [0.1, 0.15) is 92.9 Å². The van der Waals surface area contributed by atoms with Gasteiger partial charge >= 0.3 is 5.97 Å². The van der Waals surface area contributed by atoms with Crippen LogP contribution in [0.3, 0.4) is 0 Å². The van der Waals surface area contributed by atoms with Gasteiger partial charge in [0.15, 0.2) is 0 Å². The van der Waals surface area contributed by atoms with E-state index in [0.29, 0.717) is 30.4 Å². The molecule has 0 radical (unpaired) electrons. The molecule has 0 amide bonds. The van der Waals surface area contributed by atoms with Crippen LogP contribution in [0.25, 0.3) is 0 Å². The third kappa shape index (κ3) is 4.51. The van der Waals surface area contributed by atoms with E-state index < -0.39 is 23.0 Å². The van der Waals surface area contributed by atoms with Crippen molar-refractivity contribution in [1.29, 1.82) is 0 Å². The monoisotopic (exact) mass is 519 g/mol. The fraction of sp³-hybridized carbons (Fsp3) is 0.867. The van der Waals surface area contributed by atoms with Gasteiger partial charge in [-0.3, -0.25) is 9.59 Å². The maximum absolute atomic E-state index is 13.5. The van der Waals surface area contributed by atoms with E-state index in [1.54, 1.807) is 11.8 Å². The van der Waals surface area contributed by atoms with Gasteiger partial charge in [-0.15, -0.1) is 18.3 Å². The van der Waals surface area contributed by atoms with Crippen molar-refractivity contribution in [3.05, 3.63) is 12.7 Å². The second kappa shape index (κ2) is 10.0. The number of esters is 1. The Labute approximate surface area is 223 Å². The van der Waals surface area contributed by atoms with E-state index in [1.807, 2.05) is 6.08 Å². The predicted octanol–water partition coefficient (Wildman–Crippen LogP) is 5.55. The van der Waals surface area contributed by atoms with Crippen molar-refractivity contribution < 1.29 is 19.4 Å². The second-order valence-corrected chi connectivity index (χ2v) is 14.9. The summed E-state index contributed by atoms with van der Waals surface area (Å²) in [6.07, 6.45) is 7.95. The Hall–Kier alpha value is -0.850. The molecular weight excluding hydrogens is 470 g/mol. The molecule has 36 heavy (non-hydrogen) atoms. The lowest BCUT2D eigenvalue weighted by Crippen LogP contribution is -2.63. The Morgan fingerprint density at radius 2 is 1.92 bits per heavy atom. The molecule has 204 valence electrons. The largest absolute Gasteiger partial charge is 0.461 e. The maximum Gasteiger partial charge on any atom is 0.316 e. The third-order valence-corrected chi connectivity index (χ3v) is 12.8. The summed E-state index contributed by atoms with van der Waals surface area (Å²) >= 11 is 1.72. The number of hydrogen-bond donors (Lipinski definition) is 2. The number of carbonyl (C=O) groups excluding carboxylic acids is 2. The molecular formula is C30H49NO4S. The van der Waals surface area contributed by atoms with Crippen molar-refractivity contribution in [3.8, 4) is 0 Å². The van der Waals surface area contributed by atoms with Crippen LogP contribution in [-0.4, -0.2) is 52.2 Å². The summed E-state index contributed by atoms with van der Waals surface area (Å²) in [7, 11) is 0. The lowest BCUT2D eigenvalue weighted by Gasteiger charge is -2.61. The lowest BCUT2D eigenvalue weighted by molar-refractivity contribution is -0.205. The van der Waals surface area contributed by atoms with E-state index in [9.17, 15) is 14.7 Å². The van der Waals surface area contributed by atoms with E-state index in [4.69, 9.17) is 4.74 Å². The highest BCUT2D eigenvalue weighted by Gasteiger charge is 2.68. The molecule has 2 bridgehead atoms. The Morgan fingerprint density at radius 1 is 1.19 bits per heavy atom. The molecule has 0 aromatic rings. The number of aliphatic hydroxyl groups is 1. The number of thioether (sulfide) groups is 1. The molecule has 4 aliphatic carbocycles. The summed E-state index contributed by atoms with van der Waals surface area (Å²) < 4.78 is 6.49. The normalized spacial score (nSPS) is 48.7. The van der Waals surface area contributed by atoms with Crippen LogP contribution < -0.4 is 5.32 Å². The first kappa shape index (κ1) is 28.2. The number of ether oxygens (including phenoxy) is 1. The lowest BCUT2D eigenvalue weighted by atomic mass is 9.44. The molecule has 0 heterocycles. The number of carbonyl (C=O) groups is 2. The van der Waals surface area contributed by atoms with Crippen molar-refractivity contribution in [1.82, 2.24) is 5.32 Å². The van der Waals surface area contributed by atoms with E-state index in [2.05, 4.69) is 53.4 Å². The molecule has 6 heteroatoms. The van der Waals surface area contributed by atoms with Gasteiger partial charge in [-0.2, -0.15) is 0 Å². The molecule has 2 N–H and O–H groups in total. The van der Waals surface area contributed by atoms with Crippen LogP contribution in [-0.2, 0) is 14.3 Å². The zero-order chi connectivity index (χ0) is 26.5. The van der Waals surface area contributed by atoms with Crippen LogP contribution in [0.4, 0.5) is 0 Å². The summed E-state index contributed by atoms with van der Waals surface area (Å²) in [5.74, 6) is 0.503. The Kier molecular flexibility index (Phi) is 7.85. The van der Waals surface area contributed by atoms with Gasteiger partial charge in [0.1, 0.15) is 11.9 Å². The van der Waals surface area contributed by atoms with Crippen LogP contribution in [0.15, 0.2) is 12.7 Å². The summed E-state index contributed by atoms with van der Waals surface area (Å²) in [5, 5.41) is 15.2. The van der Waals surface area contributed by atoms with Crippen LogP contribution in [0.5, 0.6) is 0 Å². The number of aliphatic hydroxyl groups excluding tert-OH is 1. The Morgan fingerprint density at radius 3 is 2.58 bits per heavy atom. The van der Waals surface area contributed by atoms with Gasteiger partial charge in [0.05, 0.1) is 11.9 Å². The van der Waals surface area contributed by atoms with E-state index in [-0.39, 0.29) is 33.9 Å².